The molecule has 4 heterocycles. The van der Waals surface area contributed by atoms with Gasteiger partial charge in [0.2, 0.25) is 0 Å². The highest BCUT2D eigenvalue weighted by molar-refractivity contribution is 5.81. The molecule has 0 spiro atoms. The van der Waals surface area contributed by atoms with Gasteiger partial charge in [0.1, 0.15) is 30.2 Å². The highest BCUT2D eigenvalue weighted by atomic mass is 16.8. The Morgan fingerprint density at radius 2 is 2.00 bits per heavy atom. The first kappa shape index (κ1) is 17.6. The van der Waals surface area contributed by atoms with Crippen LogP contribution in [0.1, 0.15) is 38.8 Å². The predicted octanol–water partition coefficient (Wildman–Crippen LogP) is 1.64. The molecule has 2 aliphatic rings. The van der Waals surface area contributed by atoms with E-state index in [1.807, 2.05) is 4.57 Å². The van der Waals surface area contributed by atoms with Gasteiger partial charge in [-0.2, -0.15) is 0 Å². The Hall–Kier alpha value is -1.81. The second-order valence-corrected chi connectivity index (χ2v) is 6.73. The maximum Gasteiger partial charge on any atom is 0.167 e. The quantitative estimate of drug-likeness (QED) is 0.740. The Kier molecular flexibility index (Phi) is 5.03. The van der Waals surface area contributed by atoms with Crippen molar-refractivity contribution >= 4 is 17.0 Å². The largest absolute Gasteiger partial charge is 0.382 e. The van der Waals surface area contributed by atoms with E-state index < -0.39 is 6.23 Å². The molecule has 0 radical (unpaired) electrons. The Morgan fingerprint density at radius 1 is 1.15 bits per heavy atom. The summed E-state index contributed by atoms with van der Waals surface area (Å²) in [5.74, 6) is 0.345. The van der Waals surface area contributed by atoms with E-state index in [1.165, 1.54) is 19.2 Å². The van der Waals surface area contributed by atoms with Crippen LogP contribution in [-0.2, 0) is 18.9 Å². The van der Waals surface area contributed by atoms with Crippen LogP contribution in [0.4, 0.5) is 5.82 Å². The Labute approximate surface area is 151 Å². The standard InChI is InChI=1S/C17H25N5O4/c1-3-4-5-6-11-25-13-10(7-23-2)24-17(14(13)26-11)22-9-21-12-15(18)19-8-20-16(12)22/h8-11,13-14,17H,3-7H2,1-2H3,(H2,18,19,20)/t10-,11?,13?,14+,17-/m1/s1. The second kappa shape index (κ2) is 7.43. The molecule has 9 heteroatoms. The van der Waals surface area contributed by atoms with Gasteiger partial charge in [0.05, 0.1) is 12.9 Å². The summed E-state index contributed by atoms with van der Waals surface area (Å²) >= 11 is 0. The van der Waals surface area contributed by atoms with Crippen molar-refractivity contribution in [3.63, 3.8) is 0 Å². The molecule has 2 N–H and O–H groups in total. The van der Waals surface area contributed by atoms with Crippen molar-refractivity contribution in [2.24, 2.45) is 0 Å². The van der Waals surface area contributed by atoms with E-state index in [0.29, 0.717) is 23.6 Å². The first-order valence-electron chi connectivity index (χ1n) is 9.11. The van der Waals surface area contributed by atoms with Crippen LogP contribution < -0.4 is 5.73 Å². The van der Waals surface area contributed by atoms with Gasteiger partial charge in [-0.05, 0) is 12.8 Å². The number of aromatic nitrogens is 4. The summed E-state index contributed by atoms with van der Waals surface area (Å²) in [6, 6.07) is 0. The minimum Gasteiger partial charge on any atom is -0.382 e. The summed E-state index contributed by atoms with van der Waals surface area (Å²) in [5, 5.41) is 0. The van der Waals surface area contributed by atoms with E-state index in [9.17, 15) is 0 Å². The minimum absolute atomic E-state index is 0.178. The van der Waals surface area contributed by atoms with Crippen LogP contribution in [0.2, 0.25) is 0 Å². The lowest BCUT2D eigenvalue weighted by molar-refractivity contribution is -0.155. The molecule has 26 heavy (non-hydrogen) atoms. The summed E-state index contributed by atoms with van der Waals surface area (Å²) in [5.41, 5.74) is 7.08. The van der Waals surface area contributed by atoms with Gasteiger partial charge in [0.25, 0.3) is 0 Å². The summed E-state index contributed by atoms with van der Waals surface area (Å²) in [7, 11) is 1.65. The van der Waals surface area contributed by atoms with Crippen molar-refractivity contribution in [3.05, 3.63) is 12.7 Å². The van der Waals surface area contributed by atoms with Gasteiger partial charge in [0, 0.05) is 7.11 Å². The first-order chi connectivity index (χ1) is 12.7. The number of nitrogens with two attached hydrogens (primary N) is 1. The summed E-state index contributed by atoms with van der Waals surface area (Å²) in [6.07, 6.45) is 6.16. The average Bonchev–Trinajstić information content (AvgIpc) is 3.31. The van der Waals surface area contributed by atoms with Gasteiger partial charge >= 0.3 is 0 Å². The van der Waals surface area contributed by atoms with Crippen molar-refractivity contribution in [1.82, 2.24) is 19.5 Å². The zero-order chi connectivity index (χ0) is 18.1. The average molecular weight is 363 g/mol. The number of hydrogen-bond acceptors (Lipinski definition) is 8. The molecule has 142 valence electrons. The lowest BCUT2D eigenvalue weighted by atomic mass is 10.1. The number of fused-ring (bicyclic) bond motifs is 2. The van der Waals surface area contributed by atoms with Crippen molar-refractivity contribution in [3.8, 4) is 0 Å². The molecule has 2 saturated heterocycles. The number of rotatable bonds is 7. The van der Waals surface area contributed by atoms with Crippen LogP contribution in [0, 0.1) is 0 Å². The van der Waals surface area contributed by atoms with Gasteiger partial charge in [-0.3, -0.25) is 4.57 Å². The van der Waals surface area contributed by atoms with Crippen LogP contribution in [0.3, 0.4) is 0 Å². The third-order valence-electron chi connectivity index (χ3n) is 4.94. The zero-order valence-electron chi connectivity index (χ0n) is 15.1. The highest BCUT2D eigenvalue weighted by Crippen LogP contribution is 2.41. The number of nitrogen functional groups attached to an aromatic ring is 1. The minimum atomic E-state index is -0.393. The monoisotopic (exact) mass is 363 g/mol. The number of nitrogens with zero attached hydrogens (tertiary/aromatic N) is 4. The lowest BCUT2D eigenvalue weighted by Crippen LogP contribution is -2.31. The molecule has 0 aliphatic carbocycles. The summed E-state index contributed by atoms with van der Waals surface area (Å²) in [6.45, 7) is 2.62. The molecular weight excluding hydrogens is 338 g/mol. The van der Waals surface area contributed by atoms with Gasteiger partial charge < -0.3 is 24.7 Å². The molecular formula is C17H25N5O4. The molecule has 2 unspecified atom stereocenters. The van der Waals surface area contributed by atoms with E-state index >= 15 is 0 Å². The van der Waals surface area contributed by atoms with Crippen molar-refractivity contribution in [2.75, 3.05) is 19.5 Å². The topological polar surface area (TPSA) is 107 Å². The number of unbranched alkanes of at least 4 members (excludes halogenated alkanes) is 2. The fraction of sp³-hybridized carbons (Fsp3) is 0.706. The summed E-state index contributed by atoms with van der Waals surface area (Å²) < 4.78 is 25.7. The van der Waals surface area contributed by atoms with Crippen LogP contribution in [0.15, 0.2) is 12.7 Å². The number of methoxy groups -OCH3 is 1. The third kappa shape index (κ3) is 3.05. The number of anilines is 1. The lowest BCUT2D eigenvalue weighted by Gasteiger charge is -2.21. The molecule has 0 aromatic carbocycles. The van der Waals surface area contributed by atoms with Crippen LogP contribution in [-0.4, -0.2) is 57.8 Å². The summed E-state index contributed by atoms with van der Waals surface area (Å²) in [4.78, 5) is 12.6. The molecule has 2 aliphatic heterocycles. The first-order valence-corrected chi connectivity index (χ1v) is 9.11. The molecule has 2 fully saturated rings. The molecule has 2 aromatic heterocycles. The van der Waals surface area contributed by atoms with Gasteiger partial charge in [-0.15, -0.1) is 0 Å². The molecule has 5 atom stereocenters. The maximum absolute atomic E-state index is 6.20. The molecule has 0 bridgehead atoms. The van der Waals surface area contributed by atoms with E-state index in [1.54, 1.807) is 13.4 Å². The number of imidazole rings is 1. The van der Waals surface area contributed by atoms with Gasteiger partial charge in [0.15, 0.2) is 24.0 Å². The Morgan fingerprint density at radius 3 is 2.81 bits per heavy atom. The highest BCUT2D eigenvalue weighted by Gasteiger charge is 2.53. The molecule has 0 amide bonds. The molecule has 2 aromatic rings. The normalized spacial score (nSPS) is 30.9. The van der Waals surface area contributed by atoms with E-state index in [0.717, 1.165) is 12.8 Å². The van der Waals surface area contributed by atoms with Crippen molar-refractivity contribution in [1.29, 1.82) is 0 Å². The molecule has 9 nitrogen and oxygen atoms in total. The van der Waals surface area contributed by atoms with Crippen LogP contribution in [0.5, 0.6) is 0 Å². The number of ether oxygens (including phenoxy) is 4. The molecule has 4 rings (SSSR count). The van der Waals surface area contributed by atoms with Crippen molar-refractivity contribution in [2.45, 2.75) is 63.4 Å². The van der Waals surface area contributed by atoms with Crippen LogP contribution >= 0.6 is 0 Å². The van der Waals surface area contributed by atoms with Gasteiger partial charge in [-0.25, -0.2) is 15.0 Å². The Bertz CT molecular complexity index is 754. The smallest absolute Gasteiger partial charge is 0.167 e. The van der Waals surface area contributed by atoms with Crippen molar-refractivity contribution < 1.29 is 18.9 Å². The number of hydrogen-bond donors (Lipinski definition) is 1. The fourth-order valence-electron chi connectivity index (χ4n) is 3.68. The van der Waals surface area contributed by atoms with Gasteiger partial charge in [-0.1, -0.05) is 19.8 Å². The van der Waals surface area contributed by atoms with Crippen LogP contribution in [0.25, 0.3) is 11.2 Å². The van der Waals surface area contributed by atoms with E-state index in [4.69, 9.17) is 24.7 Å². The Balaban J connectivity index is 1.58. The maximum atomic E-state index is 6.20. The third-order valence-corrected chi connectivity index (χ3v) is 4.94. The second-order valence-electron chi connectivity index (χ2n) is 6.73. The molecule has 0 saturated carbocycles. The fourth-order valence-corrected chi connectivity index (χ4v) is 3.68. The van der Waals surface area contributed by atoms with E-state index in [2.05, 4.69) is 21.9 Å². The zero-order valence-corrected chi connectivity index (χ0v) is 15.1. The van der Waals surface area contributed by atoms with E-state index in [-0.39, 0.29) is 24.6 Å². The predicted molar refractivity (Wildman–Crippen MR) is 93.2 cm³/mol. The SMILES string of the molecule is CCCCCC1OC2[C@@H](COC)O[C@@H](n3cnc4c(N)ncnc43)[C@H]2O1.